The molecule has 0 aliphatic carbocycles. The van der Waals surface area contributed by atoms with E-state index >= 15 is 0 Å². The second-order valence-corrected chi connectivity index (χ2v) is 5.64. The summed E-state index contributed by atoms with van der Waals surface area (Å²) in [7, 11) is 0. The number of nitrogens with one attached hydrogen (secondary N) is 1. The summed E-state index contributed by atoms with van der Waals surface area (Å²) in [6.07, 6.45) is 0. The first-order valence-corrected chi connectivity index (χ1v) is 6.82. The second-order valence-electron chi connectivity index (χ2n) is 4.73. The molecule has 1 aliphatic rings. The third kappa shape index (κ3) is 3.23. The number of carbonyl (C=O) groups is 1. The highest BCUT2D eigenvalue weighted by atomic mass is 79.9. The number of nitrogens with zero attached hydrogens (tertiary/aromatic N) is 1. The number of aliphatic carboxylic acids is 1. The summed E-state index contributed by atoms with van der Waals surface area (Å²) >= 11 is 3.41. The van der Waals surface area contributed by atoms with E-state index in [0.717, 1.165) is 16.7 Å². The van der Waals surface area contributed by atoms with Crippen LogP contribution in [0.3, 0.4) is 0 Å². The number of anilines is 1. The number of hydrogen-bond donors (Lipinski definition) is 2. The SMILES string of the molecule is CC1CN(c2ccc(Br)cc2)CC(C(=O)O)CN1. The molecule has 5 heteroatoms. The molecule has 1 heterocycles. The zero-order valence-corrected chi connectivity index (χ0v) is 11.9. The monoisotopic (exact) mass is 312 g/mol. The molecule has 1 aromatic rings. The Morgan fingerprint density at radius 3 is 2.67 bits per heavy atom. The number of carboxylic acid groups (broad SMARTS) is 1. The van der Waals surface area contributed by atoms with E-state index in [-0.39, 0.29) is 12.0 Å². The normalized spacial score (nSPS) is 24.7. The molecule has 1 fully saturated rings. The predicted octanol–water partition coefficient (Wildman–Crippen LogP) is 1.95. The van der Waals surface area contributed by atoms with Gasteiger partial charge in [0.2, 0.25) is 0 Å². The van der Waals surface area contributed by atoms with Crippen molar-refractivity contribution in [3.05, 3.63) is 28.7 Å². The summed E-state index contributed by atoms with van der Waals surface area (Å²) in [5, 5.41) is 12.4. The van der Waals surface area contributed by atoms with Gasteiger partial charge in [-0.3, -0.25) is 4.79 Å². The van der Waals surface area contributed by atoms with E-state index in [1.807, 2.05) is 24.3 Å². The molecule has 0 spiro atoms. The minimum absolute atomic E-state index is 0.290. The molecule has 0 aromatic heterocycles. The third-order valence-corrected chi connectivity index (χ3v) is 3.72. The van der Waals surface area contributed by atoms with Gasteiger partial charge in [-0.2, -0.15) is 0 Å². The van der Waals surface area contributed by atoms with Crippen LogP contribution in [0.2, 0.25) is 0 Å². The molecule has 2 N–H and O–H groups in total. The van der Waals surface area contributed by atoms with Crippen molar-refractivity contribution in [3.63, 3.8) is 0 Å². The van der Waals surface area contributed by atoms with Crippen LogP contribution in [0.5, 0.6) is 0 Å². The average molecular weight is 313 g/mol. The third-order valence-electron chi connectivity index (χ3n) is 3.19. The Morgan fingerprint density at radius 1 is 1.39 bits per heavy atom. The Balaban J connectivity index is 2.18. The van der Waals surface area contributed by atoms with Gasteiger partial charge in [0.15, 0.2) is 0 Å². The molecule has 1 saturated heterocycles. The summed E-state index contributed by atoms with van der Waals surface area (Å²) < 4.78 is 1.03. The van der Waals surface area contributed by atoms with Crippen LogP contribution in [0.15, 0.2) is 28.7 Å². The van der Waals surface area contributed by atoms with Crippen LogP contribution in [-0.4, -0.2) is 36.8 Å². The molecule has 0 amide bonds. The highest BCUT2D eigenvalue weighted by Crippen LogP contribution is 2.21. The Labute approximate surface area is 115 Å². The van der Waals surface area contributed by atoms with E-state index in [1.165, 1.54) is 0 Å². The Morgan fingerprint density at radius 2 is 2.06 bits per heavy atom. The van der Waals surface area contributed by atoms with E-state index in [0.29, 0.717) is 13.1 Å². The van der Waals surface area contributed by atoms with Crippen LogP contribution in [0.1, 0.15) is 6.92 Å². The standard InChI is InChI=1S/C13H17BrN2O2/c1-9-7-16(8-10(6-15-9)13(17)18)12-4-2-11(14)3-5-12/h2-5,9-10,15H,6-8H2,1H3,(H,17,18). The van der Waals surface area contributed by atoms with Gasteiger partial charge < -0.3 is 15.3 Å². The van der Waals surface area contributed by atoms with Crippen molar-refractivity contribution in [2.24, 2.45) is 5.92 Å². The lowest BCUT2D eigenvalue weighted by Crippen LogP contribution is -2.35. The number of rotatable bonds is 2. The minimum Gasteiger partial charge on any atom is -0.481 e. The van der Waals surface area contributed by atoms with Gasteiger partial charge in [-0.1, -0.05) is 15.9 Å². The lowest BCUT2D eigenvalue weighted by atomic mass is 10.1. The van der Waals surface area contributed by atoms with Crippen molar-refractivity contribution in [1.29, 1.82) is 0 Å². The molecule has 4 nitrogen and oxygen atoms in total. The predicted molar refractivity (Wildman–Crippen MR) is 74.9 cm³/mol. The molecule has 0 saturated carbocycles. The van der Waals surface area contributed by atoms with Crippen LogP contribution in [0.25, 0.3) is 0 Å². The van der Waals surface area contributed by atoms with E-state index in [4.69, 9.17) is 0 Å². The van der Waals surface area contributed by atoms with Crippen LogP contribution in [-0.2, 0) is 4.79 Å². The number of carboxylic acids is 1. The minimum atomic E-state index is -0.737. The molecule has 0 bridgehead atoms. The van der Waals surface area contributed by atoms with E-state index < -0.39 is 5.97 Å². The van der Waals surface area contributed by atoms with Gasteiger partial charge in [0.05, 0.1) is 5.92 Å². The largest absolute Gasteiger partial charge is 0.481 e. The molecule has 2 unspecified atom stereocenters. The van der Waals surface area contributed by atoms with E-state index in [1.54, 1.807) is 0 Å². The molecular weight excluding hydrogens is 296 g/mol. The summed E-state index contributed by atoms with van der Waals surface area (Å²) in [5.41, 5.74) is 1.07. The number of halogens is 1. The Bertz CT molecular complexity index is 422. The van der Waals surface area contributed by atoms with Gasteiger partial charge >= 0.3 is 5.97 Å². The van der Waals surface area contributed by atoms with Gasteiger partial charge in [0.1, 0.15) is 0 Å². The first kappa shape index (κ1) is 13.4. The summed E-state index contributed by atoms with van der Waals surface area (Å²) in [4.78, 5) is 13.3. The van der Waals surface area contributed by atoms with Crippen molar-refractivity contribution >= 4 is 27.6 Å². The Kier molecular flexibility index (Phi) is 4.24. The van der Waals surface area contributed by atoms with Crippen molar-refractivity contribution in [2.75, 3.05) is 24.5 Å². The van der Waals surface area contributed by atoms with Crippen LogP contribution in [0, 0.1) is 5.92 Å². The maximum Gasteiger partial charge on any atom is 0.309 e. The van der Waals surface area contributed by atoms with E-state index in [2.05, 4.69) is 33.1 Å². The zero-order valence-electron chi connectivity index (χ0n) is 10.3. The maximum atomic E-state index is 11.2. The molecule has 2 rings (SSSR count). The van der Waals surface area contributed by atoms with Gasteiger partial charge in [-0.25, -0.2) is 0 Å². The van der Waals surface area contributed by atoms with Crippen LogP contribution >= 0.6 is 15.9 Å². The van der Waals surface area contributed by atoms with Gasteiger partial charge in [0.25, 0.3) is 0 Å². The Hall–Kier alpha value is -1.07. The highest BCUT2D eigenvalue weighted by Gasteiger charge is 2.26. The summed E-state index contributed by atoms with van der Waals surface area (Å²) in [5.74, 6) is -1.10. The fourth-order valence-corrected chi connectivity index (χ4v) is 2.44. The quantitative estimate of drug-likeness (QED) is 0.876. The second kappa shape index (κ2) is 5.71. The van der Waals surface area contributed by atoms with Gasteiger partial charge in [-0.15, -0.1) is 0 Å². The van der Waals surface area contributed by atoms with Crippen molar-refractivity contribution in [3.8, 4) is 0 Å². The first-order chi connectivity index (χ1) is 8.56. The molecule has 0 radical (unpaired) electrons. The van der Waals surface area contributed by atoms with Crippen molar-refractivity contribution in [1.82, 2.24) is 5.32 Å². The fourth-order valence-electron chi connectivity index (χ4n) is 2.17. The van der Waals surface area contributed by atoms with Crippen molar-refractivity contribution in [2.45, 2.75) is 13.0 Å². The lowest BCUT2D eigenvalue weighted by Gasteiger charge is -2.26. The summed E-state index contributed by atoms with van der Waals surface area (Å²) in [6.45, 7) is 3.99. The van der Waals surface area contributed by atoms with Crippen LogP contribution in [0.4, 0.5) is 5.69 Å². The molecule has 98 valence electrons. The topological polar surface area (TPSA) is 52.6 Å². The number of hydrogen-bond acceptors (Lipinski definition) is 3. The summed E-state index contributed by atoms with van der Waals surface area (Å²) in [6, 6.07) is 8.28. The molecule has 1 aliphatic heterocycles. The molecule has 18 heavy (non-hydrogen) atoms. The molecular formula is C13H17BrN2O2. The van der Waals surface area contributed by atoms with Crippen LogP contribution < -0.4 is 10.2 Å². The van der Waals surface area contributed by atoms with Gasteiger partial charge in [-0.05, 0) is 31.2 Å². The highest BCUT2D eigenvalue weighted by molar-refractivity contribution is 9.10. The van der Waals surface area contributed by atoms with Gasteiger partial charge in [0, 0.05) is 35.8 Å². The fraction of sp³-hybridized carbons (Fsp3) is 0.462. The average Bonchev–Trinajstić information content (AvgIpc) is 2.52. The van der Waals surface area contributed by atoms with Crippen molar-refractivity contribution < 1.29 is 9.90 Å². The van der Waals surface area contributed by atoms with E-state index in [9.17, 15) is 9.90 Å². The zero-order chi connectivity index (χ0) is 13.1. The molecule has 2 atom stereocenters. The smallest absolute Gasteiger partial charge is 0.309 e. The first-order valence-electron chi connectivity index (χ1n) is 6.03. The molecule has 1 aromatic carbocycles. The lowest BCUT2D eigenvalue weighted by molar-refractivity contribution is -0.141. The maximum absolute atomic E-state index is 11.2. The number of benzene rings is 1.